The van der Waals surface area contributed by atoms with Crippen LogP contribution in [-0.2, 0) is 12.8 Å². The van der Waals surface area contributed by atoms with Crippen molar-refractivity contribution >= 4 is 52.2 Å². The summed E-state index contributed by atoms with van der Waals surface area (Å²) < 4.78 is 0. The Labute approximate surface area is 162 Å². The largest absolute Gasteiger partial charge is 0.289 e. The fourth-order valence-electron chi connectivity index (χ4n) is 2.36. The lowest BCUT2D eigenvalue weighted by molar-refractivity contribution is 0.103. The second-order valence-corrected chi connectivity index (χ2v) is 8.14. The van der Waals surface area contributed by atoms with Gasteiger partial charge in [0.15, 0.2) is 5.78 Å². The molecular weight excluding hydrogens is 386 g/mol. The van der Waals surface area contributed by atoms with E-state index in [2.05, 4.69) is 0 Å². The molecule has 0 aliphatic carbocycles. The first kappa shape index (κ1) is 19.6. The van der Waals surface area contributed by atoms with Gasteiger partial charge in [0.05, 0.1) is 0 Å². The van der Waals surface area contributed by atoms with Gasteiger partial charge in [0.2, 0.25) is 0 Å². The molecule has 0 amide bonds. The molecule has 0 unspecified atom stereocenters. The van der Waals surface area contributed by atoms with E-state index < -0.39 is 0 Å². The van der Waals surface area contributed by atoms with Gasteiger partial charge in [-0.15, -0.1) is 46.4 Å². The quantitative estimate of drug-likeness (QED) is 0.368. The molecule has 128 valence electrons. The Balaban J connectivity index is 2.00. The molecule has 2 aromatic rings. The van der Waals surface area contributed by atoms with Crippen molar-refractivity contribution in [2.24, 2.45) is 0 Å². The highest BCUT2D eigenvalue weighted by atomic mass is 35.5. The predicted octanol–water partition coefficient (Wildman–Crippen LogP) is 6.39. The fraction of sp³-hybridized carbons (Fsp3) is 0.316. The number of halogens is 4. The lowest BCUT2D eigenvalue weighted by Gasteiger charge is -2.06. The standard InChI is InChI=1S/C19H18Cl4O/c20-17(21)11-5-13-1-7-15(8-2-13)19(24)16-9-3-14(4-10-16)6-12-18(22)23/h1-4,7-10,17-18H,5-6,11-12H2. The van der Waals surface area contributed by atoms with Crippen molar-refractivity contribution in [2.45, 2.75) is 35.4 Å². The molecule has 0 atom stereocenters. The predicted molar refractivity (Wildman–Crippen MR) is 104 cm³/mol. The molecule has 1 nitrogen and oxygen atoms in total. The number of aryl methyl sites for hydroxylation is 2. The Morgan fingerprint density at radius 2 is 1.00 bits per heavy atom. The maximum Gasteiger partial charge on any atom is 0.193 e. The average molecular weight is 404 g/mol. The summed E-state index contributed by atoms with van der Waals surface area (Å²) in [6.07, 6.45) is 2.98. The van der Waals surface area contributed by atoms with E-state index in [0.29, 0.717) is 24.0 Å². The zero-order chi connectivity index (χ0) is 17.5. The van der Waals surface area contributed by atoms with Crippen molar-refractivity contribution in [2.75, 3.05) is 0 Å². The van der Waals surface area contributed by atoms with E-state index >= 15 is 0 Å². The van der Waals surface area contributed by atoms with Crippen molar-refractivity contribution in [3.8, 4) is 0 Å². The summed E-state index contributed by atoms with van der Waals surface area (Å²) in [7, 11) is 0. The van der Waals surface area contributed by atoms with E-state index in [4.69, 9.17) is 46.4 Å². The monoisotopic (exact) mass is 402 g/mol. The van der Waals surface area contributed by atoms with E-state index in [1.807, 2.05) is 48.5 Å². The number of hydrogen-bond donors (Lipinski definition) is 0. The van der Waals surface area contributed by atoms with E-state index in [1.165, 1.54) is 0 Å². The highest BCUT2D eigenvalue weighted by molar-refractivity contribution is 6.44. The Morgan fingerprint density at radius 1 is 0.667 bits per heavy atom. The molecule has 2 aromatic carbocycles. The molecule has 0 N–H and O–H groups in total. The third kappa shape index (κ3) is 6.29. The third-order valence-electron chi connectivity index (χ3n) is 3.73. The normalized spacial score (nSPS) is 11.2. The van der Waals surface area contributed by atoms with Gasteiger partial charge in [0.1, 0.15) is 9.67 Å². The lowest BCUT2D eigenvalue weighted by atomic mass is 9.99. The molecule has 0 saturated carbocycles. The highest BCUT2D eigenvalue weighted by Gasteiger charge is 2.10. The van der Waals surface area contributed by atoms with Gasteiger partial charge in [-0.05, 0) is 36.8 Å². The summed E-state index contributed by atoms with van der Waals surface area (Å²) in [5, 5.41) is 0. The molecular formula is C19H18Cl4O. The van der Waals surface area contributed by atoms with Gasteiger partial charge in [0, 0.05) is 11.1 Å². The molecule has 24 heavy (non-hydrogen) atoms. The number of alkyl halides is 4. The van der Waals surface area contributed by atoms with E-state index in [-0.39, 0.29) is 15.5 Å². The summed E-state index contributed by atoms with van der Waals surface area (Å²) in [5.41, 5.74) is 3.57. The van der Waals surface area contributed by atoms with Crippen LogP contribution in [0.1, 0.15) is 39.9 Å². The van der Waals surface area contributed by atoms with Crippen LogP contribution in [0.4, 0.5) is 0 Å². The van der Waals surface area contributed by atoms with Crippen LogP contribution < -0.4 is 0 Å². The first-order valence-corrected chi connectivity index (χ1v) is 9.49. The van der Waals surface area contributed by atoms with Gasteiger partial charge in [-0.25, -0.2) is 0 Å². The lowest BCUT2D eigenvalue weighted by Crippen LogP contribution is -2.02. The highest BCUT2D eigenvalue weighted by Crippen LogP contribution is 2.17. The maximum absolute atomic E-state index is 12.5. The molecule has 2 rings (SSSR count). The van der Waals surface area contributed by atoms with Crippen LogP contribution in [0.25, 0.3) is 0 Å². The Bertz CT molecular complexity index is 591. The van der Waals surface area contributed by atoms with Crippen LogP contribution in [0, 0.1) is 0 Å². The fourth-order valence-corrected chi connectivity index (χ4v) is 2.80. The third-order valence-corrected chi connectivity index (χ3v) is 4.61. The molecule has 0 bridgehead atoms. The smallest absolute Gasteiger partial charge is 0.193 e. The van der Waals surface area contributed by atoms with Gasteiger partial charge in [-0.3, -0.25) is 4.79 Å². The van der Waals surface area contributed by atoms with E-state index in [0.717, 1.165) is 24.0 Å². The van der Waals surface area contributed by atoms with Gasteiger partial charge in [0.25, 0.3) is 0 Å². The SMILES string of the molecule is O=C(c1ccc(CCC(Cl)Cl)cc1)c1ccc(CCC(Cl)Cl)cc1. The first-order chi connectivity index (χ1) is 11.5. The van der Waals surface area contributed by atoms with Gasteiger partial charge in [-0.1, -0.05) is 48.5 Å². The average Bonchev–Trinajstić information content (AvgIpc) is 2.58. The molecule has 0 fully saturated rings. The van der Waals surface area contributed by atoms with Crippen molar-refractivity contribution < 1.29 is 4.79 Å². The van der Waals surface area contributed by atoms with Gasteiger partial charge >= 0.3 is 0 Å². The maximum atomic E-state index is 12.5. The zero-order valence-corrected chi connectivity index (χ0v) is 16.0. The number of hydrogen-bond acceptors (Lipinski definition) is 1. The van der Waals surface area contributed by atoms with Crippen LogP contribution in [-0.4, -0.2) is 15.5 Å². The van der Waals surface area contributed by atoms with Crippen molar-refractivity contribution in [3.63, 3.8) is 0 Å². The van der Waals surface area contributed by atoms with Crippen molar-refractivity contribution in [3.05, 3.63) is 70.8 Å². The van der Waals surface area contributed by atoms with E-state index in [1.54, 1.807) is 0 Å². The van der Waals surface area contributed by atoms with Crippen LogP contribution in [0.3, 0.4) is 0 Å². The molecule has 0 spiro atoms. The van der Waals surface area contributed by atoms with Crippen molar-refractivity contribution in [1.29, 1.82) is 0 Å². The molecule has 0 aliphatic heterocycles. The summed E-state index contributed by atoms with van der Waals surface area (Å²) in [6.45, 7) is 0. The molecule has 0 saturated heterocycles. The Kier molecular flexibility index (Phi) is 7.90. The minimum atomic E-state index is -0.363. The molecule has 0 aliphatic rings. The number of carbonyl (C=O) groups excluding carboxylic acids is 1. The molecule has 0 radical (unpaired) electrons. The topological polar surface area (TPSA) is 17.1 Å². The molecule has 0 heterocycles. The number of ketones is 1. The van der Waals surface area contributed by atoms with Crippen LogP contribution in [0.15, 0.2) is 48.5 Å². The van der Waals surface area contributed by atoms with Gasteiger partial charge < -0.3 is 0 Å². The van der Waals surface area contributed by atoms with E-state index in [9.17, 15) is 4.79 Å². The summed E-state index contributed by atoms with van der Waals surface area (Å²) in [4.78, 5) is 11.8. The Hall–Kier alpha value is -0.730. The number of carbonyl (C=O) groups is 1. The molecule has 0 aromatic heterocycles. The second kappa shape index (κ2) is 9.68. The number of rotatable bonds is 8. The first-order valence-electron chi connectivity index (χ1n) is 7.74. The van der Waals surface area contributed by atoms with Crippen LogP contribution in [0.5, 0.6) is 0 Å². The second-order valence-electron chi connectivity index (χ2n) is 5.58. The summed E-state index contributed by atoms with van der Waals surface area (Å²) in [6, 6.07) is 15.1. The molecule has 5 heteroatoms. The number of benzene rings is 2. The van der Waals surface area contributed by atoms with Crippen LogP contribution in [0.2, 0.25) is 0 Å². The summed E-state index contributed by atoms with van der Waals surface area (Å²) >= 11 is 23.0. The van der Waals surface area contributed by atoms with Crippen molar-refractivity contribution in [1.82, 2.24) is 0 Å². The Morgan fingerprint density at radius 3 is 1.29 bits per heavy atom. The van der Waals surface area contributed by atoms with Crippen LogP contribution >= 0.6 is 46.4 Å². The minimum Gasteiger partial charge on any atom is -0.289 e. The summed E-state index contributed by atoms with van der Waals surface area (Å²) in [5.74, 6) is 0.00762. The zero-order valence-electron chi connectivity index (χ0n) is 13.0. The van der Waals surface area contributed by atoms with Gasteiger partial charge in [-0.2, -0.15) is 0 Å². The minimum absolute atomic E-state index is 0.00762.